The number of aryl methyl sites for hydroxylation is 1. The summed E-state index contributed by atoms with van der Waals surface area (Å²) in [7, 11) is 0. The van der Waals surface area contributed by atoms with Gasteiger partial charge in [0.1, 0.15) is 6.54 Å². The summed E-state index contributed by atoms with van der Waals surface area (Å²) in [6, 6.07) is 3.55. The molecule has 132 valence electrons. The lowest BCUT2D eigenvalue weighted by molar-refractivity contribution is 0.387. The average Bonchev–Trinajstić information content (AvgIpc) is 2.93. The molecule has 2 aromatic rings. The van der Waals surface area contributed by atoms with Gasteiger partial charge in [0.2, 0.25) is 5.89 Å². The minimum atomic E-state index is -0.875. The second kappa shape index (κ2) is 9.50. The molecule has 0 aliphatic rings. The number of hydrogen-bond acceptors (Lipinski definition) is 4. The van der Waals surface area contributed by atoms with Crippen LogP contribution >= 0.6 is 24.0 Å². The Morgan fingerprint density at radius 3 is 2.67 bits per heavy atom. The first kappa shape index (κ1) is 20.3. The number of nitrogens with one attached hydrogen (secondary N) is 2. The highest BCUT2D eigenvalue weighted by Gasteiger charge is 2.11. The lowest BCUT2D eigenvalue weighted by Gasteiger charge is -2.18. The van der Waals surface area contributed by atoms with Gasteiger partial charge in [0.25, 0.3) is 0 Å². The van der Waals surface area contributed by atoms with Gasteiger partial charge in [-0.2, -0.15) is 4.98 Å². The Bertz CT molecular complexity index is 692. The Morgan fingerprint density at radius 2 is 2.08 bits per heavy atom. The Labute approximate surface area is 156 Å². The van der Waals surface area contributed by atoms with E-state index in [1.807, 2.05) is 13.8 Å². The van der Waals surface area contributed by atoms with Crippen LogP contribution in [0.2, 0.25) is 0 Å². The standard InChI is InChI=1S/C15H19F2N5O.HI/c1-4-18-15(19-8-14-21-10(3)23-22-14)20-9(2)11-5-6-12(16)13(17)7-11;/h5-7,9H,4,8H2,1-3H3,(H2,18,19,20);1H. The van der Waals surface area contributed by atoms with Crippen LogP contribution in [0, 0.1) is 18.6 Å². The van der Waals surface area contributed by atoms with E-state index in [2.05, 4.69) is 25.8 Å². The van der Waals surface area contributed by atoms with E-state index in [-0.39, 0.29) is 36.6 Å². The van der Waals surface area contributed by atoms with Crippen molar-refractivity contribution in [3.8, 4) is 0 Å². The molecule has 9 heteroatoms. The van der Waals surface area contributed by atoms with Crippen molar-refractivity contribution in [2.75, 3.05) is 6.54 Å². The van der Waals surface area contributed by atoms with Crippen LogP contribution in [0.3, 0.4) is 0 Å². The van der Waals surface area contributed by atoms with Gasteiger partial charge in [0.15, 0.2) is 23.4 Å². The van der Waals surface area contributed by atoms with E-state index in [1.165, 1.54) is 12.1 Å². The van der Waals surface area contributed by atoms with E-state index < -0.39 is 11.6 Å². The molecule has 1 aromatic carbocycles. The first-order valence-electron chi connectivity index (χ1n) is 7.28. The zero-order valence-corrected chi connectivity index (χ0v) is 16.0. The molecule has 1 unspecified atom stereocenters. The second-order valence-corrected chi connectivity index (χ2v) is 4.96. The summed E-state index contributed by atoms with van der Waals surface area (Å²) in [5.41, 5.74) is 0.616. The fourth-order valence-corrected chi connectivity index (χ4v) is 1.95. The summed E-state index contributed by atoms with van der Waals surface area (Å²) in [5, 5.41) is 9.96. The van der Waals surface area contributed by atoms with E-state index in [9.17, 15) is 8.78 Å². The van der Waals surface area contributed by atoms with Gasteiger partial charge in [-0.15, -0.1) is 24.0 Å². The molecule has 0 spiro atoms. The quantitative estimate of drug-likeness (QED) is 0.415. The molecule has 0 aliphatic carbocycles. The number of guanidine groups is 1. The van der Waals surface area contributed by atoms with Crippen LogP contribution in [0.5, 0.6) is 0 Å². The molecule has 24 heavy (non-hydrogen) atoms. The molecular formula is C15H20F2IN5O. The Kier molecular flexibility index (Phi) is 8.02. The van der Waals surface area contributed by atoms with E-state index in [0.717, 1.165) is 6.07 Å². The lowest BCUT2D eigenvalue weighted by atomic mass is 10.1. The predicted octanol–water partition coefficient (Wildman–Crippen LogP) is 3.09. The highest BCUT2D eigenvalue weighted by Crippen LogP contribution is 2.15. The zero-order chi connectivity index (χ0) is 16.8. The third-order valence-electron chi connectivity index (χ3n) is 3.09. The smallest absolute Gasteiger partial charge is 0.223 e. The molecule has 6 nitrogen and oxygen atoms in total. The van der Waals surface area contributed by atoms with Crippen LogP contribution < -0.4 is 10.6 Å². The third kappa shape index (κ3) is 5.69. The number of rotatable bonds is 5. The molecule has 0 saturated heterocycles. The van der Waals surface area contributed by atoms with Gasteiger partial charge in [-0.1, -0.05) is 11.2 Å². The first-order chi connectivity index (χ1) is 11.0. The fraction of sp³-hybridized carbons (Fsp3) is 0.400. The first-order valence-corrected chi connectivity index (χ1v) is 7.28. The van der Waals surface area contributed by atoms with Crippen molar-refractivity contribution in [2.45, 2.75) is 33.4 Å². The highest BCUT2D eigenvalue weighted by molar-refractivity contribution is 14.0. The van der Waals surface area contributed by atoms with Gasteiger partial charge < -0.3 is 15.2 Å². The molecular weight excluding hydrogens is 431 g/mol. The van der Waals surface area contributed by atoms with Crippen LogP contribution in [0.15, 0.2) is 27.7 Å². The molecule has 2 N–H and O–H groups in total. The summed E-state index contributed by atoms with van der Waals surface area (Å²) >= 11 is 0. The molecule has 0 radical (unpaired) electrons. The molecule has 0 bridgehead atoms. The molecule has 1 aromatic heterocycles. The maximum atomic E-state index is 13.3. The number of hydrogen-bond donors (Lipinski definition) is 2. The number of aromatic nitrogens is 2. The SMILES string of the molecule is CCNC(=NCc1noc(C)n1)NC(C)c1ccc(F)c(F)c1.I. The van der Waals surface area contributed by atoms with Gasteiger partial charge in [-0.05, 0) is 31.5 Å². The molecule has 0 fully saturated rings. The Morgan fingerprint density at radius 1 is 1.33 bits per heavy atom. The minimum Gasteiger partial charge on any atom is -0.357 e. The van der Waals surface area contributed by atoms with Crippen LogP contribution in [0.1, 0.15) is 37.2 Å². The summed E-state index contributed by atoms with van der Waals surface area (Å²) < 4.78 is 31.2. The average molecular weight is 451 g/mol. The van der Waals surface area contributed by atoms with Gasteiger partial charge in [-0.25, -0.2) is 13.8 Å². The highest BCUT2D eigenvalue weighted by atomic mass is 127. The van der Waals surface area contributed by atoms with Gasteiger partial charge >= 0.3 is 0 Å². The molecule has 2 rings (SSSR count). The molecule has 1 heterocycles. The van der Waals surface area contributed by atoms with E-state index in [4.69, 9.17) is 4.52 Å². The maximum absolute atomic E-state index is 13.3. The summed E-state index contributed by atoms with van der Waals surface area (Å²) in [6.07, 6.45) is 0. The van der Waals surface area contributed by atoms with Crippen LogP contribution in [0.4, 0.5) is 8.78 Å². The van der Waals surface area contributed by atoms with Crippen molar-refractivity contribution in [3.05, 3.63) is 47.1 Å². The third-order valence-corrected chi connectivity index (χ3v) is 3.09. The van der Waals surface area contributed by atoms with Crippen molar-refractivity contribution in [1.82, 2.24) is 20.8 Å². The van der Waals surface area contributed by atoms with Crippen LogP contribution in [-0.2, 0) is 6.54 Å². The molecule has 1 atom stereocenters. The summed E-state index contributed by atoms with van der Waals surface area (Å²) in [6.45, 7) is 6.36. The van der Waals surface area contributed by atoms with Crippen molar-refractivity contribution in [1.29, 1.82) is 0 Å². The summed E-state index contributed by atoms with van der Waals surface area (Å²) in [5.74, 6) is -0.273. The van der Waals surface area contributed by atoms with Crippen molar-refractivity contribution in [2.24, 2.45) is 4.99 Å². The van der Waals surface area contributed by atoms with Gasteiger partial charge in [0.05, 0.1) is 6.04 Å². The topological polar surface area (TPSA) is 75.3 Å². The maximum Gasteiger partial charge on any atom is 0.223 e. The minimum absolute atomic E-state index is 0. The number of nitrogens with zero attached hydrogens (tertiary/aromatic N) is 3. The Balaban J connectivity index is 0.00000288. The van der Waals surface area contributed by atoms with Crippen LogP contribution in [0.25, 0.3) is 0 Å². The number of aliphatic imine (C=N–C) groups is 1. The number of benzene rings is 1. The normalized spacial score (nSPS) is 12.5. The lowest BCUT2D eigenvalue weighted by Crippen LogP contribution is -2.38. The monoisotopic (exact) mass is 451 g/mol. The van der Waals surface area contributed by atoms with E-state index in [1.54, 1.807) is 6.92 Å². The van der Waals surface area contributed by atoms with Crippen molar-refractivity contribution >= 4 is 29.9 Å². The fourth-order valence-electron chi connectivity index (χ4n) is 1.95. The Hall–Kier alpha value is -1.78. The van der Waals surface area contributed by atoms with E-state index >= 15 is 0 Å². The zero-order valence-electron chi connectivity index (χ0n) is 13.6. The second-order valence-electron chi connectivity index (χ2n) is 4.96. The summed E-state index contributed by atoms with van der Waals surface area (Å²) in [4.78, 5) is 8.41. The van der Waals surface area contributed by atoms with Crippen molar-refractivity contribution in [3.63, 3.8) is 0 Å². The number of halogens is 3. The molecule has 0 aliphatic heterocycles. The van der Waals surface area contributed by atoms with Crippen LogP contribution in [-0.4, -0.2) is 22.6 Å². The molecule has 0 saturated carbocycles. The van der Waals surface area contributed by atoms with Gasteiger partial charge in [-0.3, -0.25) is 0 Å². The van der Waals surface area contributed by atoms with Crippen molar-refractivity contribution < 1.29 is 13.3 Å². The largest absolute Gasteiger partial charge is 0.357 e. The van der Waals surface area contributed by atoms with E-state index in [0.29, 0.717) is 29.8 Å². The van der Waals surface area contributed by atoms with Gasteiger partial charge in [0, 0.05) is 13.5 Å². The molecule has 0 amide bonds. The predicted molar refractivity (Wildman–Crippen MR) is 97.2 cm³/mol.